The van der Waals surface area contributed by atoms with Gasteiger partial charge in [0.2, 0.25) is 0 Å². The molecule has 6 atom stereocenters. The molecule has 2 fully saturated rings. The van der Waals surface area contributed by atoms with E-state index in [2.05, 4.69) is 32.9 Å². The van der Waals surface area contributed by atoms with Crippen LogP contribution < -0.4 is 0 Å². The largest absolute Gasteiger partial charge is 0.0848 e. The molecule has 2 bridgehead atoms. The van der Waals surface area contributed by atoms with Gasteiger partial charge < -0.3 is 0 Å². The van der Waals surface area contributed by atoms with Gasteiger partial charge >= 0.3 is 0 Å². The van der Waals surface area contributed by atoms with Crippen LogP contribution in [0.5, 0.6) is 0 Å². The van der Waals surface area contributed by atoms with E-state index in [1.54, 1.807) is 0 Å². The molecule has 2 saturated carbocycles. The minimum absolute atomic E-state index is 0.903. The summed E-state index contributed by atoms with van der Waals surface area (Å²) in [6, 6.07) is 0. The highest BCUT2D eigenvalue weighted by Gasteiger charge is 2.54. The molecule has 3 rings (SSSR count). The highest BCUT2D eigenvalue weighted by atomic mass is 14.6. The lowest BCUT2D eigenvalue weighted by Crippen LogP contribution is -2.23. The van der Waals surface area contributed by atoms with Crippen LogP contribution in [0.3, 0.4) is 0 Å². The van der Waals surface area contributed by atoms with Crippen LogP contribution in [0.4, 0.5) is 0 Å². The average molecular weight is 190 g/mol. The van der Waals surface area contributed by atoms with Crippen molar-refractivity contribution in [3.05, 3.63) is 12.2 Å². The van der Waals surface area contributed by atoms with Gasteiger partial charge in [-0.05, 0) is 54.3 Å². The van der Waals surface area contributed by atoms with Gasteiger partial charge in [-0.1, -0.05) is 32.9 Å². The summed E-state index contributed by atoms with van der Waals surface area (Å²) in [7, 11) is 0. The summed E-state index contributed by atoms with van der Waals surface area (Å²) in [6.45, 7) is 7.35. The molecule has 0 N–H and O–H groups in total. The molecule has 3 aliphatic carbocycles. The molecule has 0 radical (unpaired) electrons. The minimum atomic E-state index is 0.903. The van der Waals surface area contributed by atoms with Gasteiger partial charge in [0.1, 0.15) is 0 Å². The Bertz CT molecular complexity index is 263. The lowest BCUT2D eigenvalue weighted by molar-refractivity contribution is 0.228. The second kappa shape index (κ2) is 2.87. The molecule has 6 unspecified atom stereocenters. The summed E-state index contributed by atoms with van der Waals surface area (Å²) in [5.41, 5.74) is 0. The first-order chi connectivity index (χ1) is 6.68. The lowest BCUT2D eigenvalue weighted by Gasteiger charge is -2.28. The van der Waals surface area contributed by atoms with Crippen LogP contribution in [-0.2, 0) is 0 Å². The van der Waals surface area contributed by atoms with Gasteiger partial charge in [-0.15, -0.1) is 0 Å². The maximum absolute atomic E-state index is 2.53. The summed E-state index contributed by atoms with van der Waals surface area (Å²) in [4.78, 5) is 0. The number of hydrogen-bond donors (Lipinski definition) is 0. The molecule has 0 aromatic rings. The Balaban J connectivity index is 1.91. The molecule has 0 heterocycles. The zero-order chi connectivity index (χ0) is 9.87. The Hall–Kier alpha value is -0.260. The monoisotopic (exact) mass is 190 g/mol. The maximum atomic E-state index is 2.53. The van der Waals surface area contributed by atoms with Crippen LogP contribution >= 0.6 is 0 Å². The van der Waals surface area contributed by atoms with Crippen LogP contribution in [0.25, 0.3) is 0 Å². The third-order valence-electron chi connectivity index (χ3n) is 5.23. The maximum Gasteiger partial charge on any atom is -0.0194 e. The highest BCUT2D eigenvalue weighted by Crippen LogP contribution is 2.61. The first-order valence-corrected chi connectivity index (χ1v) is 6.37. The van der Waals surface area contributed by atoms with Crippen LogP contribution in [0, 0.1) is 41.4 Å². The summed E-state index contributed by atoms with van der Waals surface area (Å²) >= 11 is 0. The van der Waals surface area contributed by atoms with Crippen molar-refractivity contribution >= 4 is 0 Å². The van der Waals surface area contributed by atoms with Crippen LogP contribution in [0.1, 0.15) is 33.6 Å². The smallest absolute Gasteiger partial charge is 0.0194 e. The van der Waals surface area contributed by atoms with Crippen LogP contribution in [0.15, 0.2) is 12.2 Å². The van der Waals surface area contributed by atoms with Crippen molar-refractivity contribution in [1.82, 2.24) is 0 Å². The predicted molar refractivity (Wildman–Crippen MR) is 59.8 cm³/mol. The van der Waals surface area contributed by atoms with E-state index < -0.39 is 0 Å². The van der Waals surface area contributed by atoms with Gasteiger partial charge in [-0.25, -0.2) is 0 Å². The van der Waals surface area contributed by atoms with Crippen molar-refractivity contribution in [3.8, 4) is 0 Å². The Labute approximate surface area is 87.8 Å². The van der Waals surface area contributed by atoms with Gasteiger partial charge in [-0.3, -0.25) is 0 Å². The molecule has 0 amide bonds. The summed E-state index contributed by atoms with van der Waals surface area (Å²) in [5, 5.41) is 0. The lowest BCUT2D eigenvalue weighted by atomic mass is 9.76. The van der Waals surface area contributed by atoms with Gasteiger partial charge in [0.25, 0.3) is 0 Å². The molecule has 78 valence electrons. The van der Waals surface area contributed by atoms with E-state index in [0.29, 0.717) is 0 Å². The first kappa shape index (κ1) is 9.00. The van der Waals surface area contributed by atoms with E-state index in [4.69, 9.17) is 0 Å². The number of hydrogen-bond acceptors (Lipinski definition) is 0. The topological polar surface area (TPSA) is 0 Å². The molecule has 0 spiro atoms. The van der Waals surface area contributed by atoms with E-state index >= 15 is 0 Å². The Morgan fingerprint density at radius 1 is 1.00 bits per heavy atom. The number of rotatable bonds is 1. The average Bonchev–Trinajstić information content (AvgIpc) is 2.75. The quantitative estimate of drug-likeness (QED) is 0.553. The SMILES string of the molecule is CC(C)C1CC(C)C2C3C=CC(C3)C12. The van der Waals surface area contributed by atoms with E-state index in [1.807, 2.05) is 0 Å². The van der Waals surface area contributed by atoms with Crippen molar-refractivity contribution in [2.24, 2.45) is 41.4 Å². The van der Waals surface area contributed by atoms with E-state index in [9.17, 15) is 0 Å². The molecule has 0 aliphatic heterocycles. The highest BCUT2D eigenvalue weighted by molar-refractivity contribution is 5.17. The summed E-state index contributed by atoms with van der Waals surface area (Å²) in [6.07, 6.45) is 8.04. The van der Waals surface area contributed by atoms with Gasteiger partial charge in [0.15, 0.2) is 0 Å². The normalized spacial score (nSPS) is 54.6. The Kier molecular flexibility index (Phi) is 1.84. The standard InChI is InChI=1S/C14H22/c1-8(2)12-6-9(3)13-10-4-5-11(7-10)14(12)13/h4-5,8-14H,6-7H2,1-3H3. The molecular weight excluding hydrogens is 168 g/mol. The molecule has 0 aromatic carbocycles. The van der Waals surface area contributed by atoms with Crippen molar-refractivity contribution in [1.29, 1.82) is 0 Å². The fourth-order valence-electron chi connectivity index (χ4n) is 4.76. The molecular formula is C14H22. The number of allylic oxidation sites excluding steroid dienone is 2. The molecule has 3 aliphatic rings. The summed E-state index contributed by atoms with van der Waals surface area (Å²) in [5.74, 6) is 6.95. The molecule has 0 saturated heterocycles. The van der Waals surface area contributed by atoms with E-state index in [-0.39, 0.29) is 0 Å². The van der Waals surface area contributed by atoms with Crippen LogP contribution in [0.2, 0.25) is 0 Å². The second-order valence-electron chi connectivity index (χ2n) is 6.22. The zero-order valence-corrected chi connectivity index (χ0v) is 9.61. The molecule has 0 nitrogen and oxygen atoms in total. The second-order valence-corrected chi connectivity index (χ2v) is 6.22. The van der Waals surface area contributed by atoms with E-state index in [0.717, 1.165) is 41.4 Å². The molecule has 0 heteroatoms. The first-order valence-electron chi connectivity index (χ1n) is 6.37. The van der Waals surface area contributed by atoms with Crippen molar-refractivity contribution < 1.29 is 0 Å². The van der Waals surface area contributed by atoms with Gasteiger partial charge in [-0.2, -0.15) is 0 Å². The zero-order valence-electron chi connectivity index (χ0n) is 9.61. The van der Waals surface area contributed by atoms with Gasteiger partial charge in [0.05, 0.1) is 0 Å². The predicted octanol–water partition coefficient (Wildman–Crippen LogP) is 3.74. The number of fused-ring (bicyclic) bond motifs is 5. The summed E-state index contributed by atoms with van der Waals surface area (Å²) < 4.78 is 0. The van der Waals surface area contributed by atoms with Crippen LogP contribution in [-0.4, -0.2) is 0 Å². The third kappa shape index (κ3) is 1.00. The van der Waals surface area contributed by atoms with Crippen molar-refractivity contribution in [2.45, 2.75) is 33.6 Å². The van der Waals surface area contributed by atoms with Crippen molar-refractivity contribution in [2.75, 3.05) is 0 Å². The molecule has 14 heavy (non-hydrogen) atoms. The van der Waals surface area contributed by atoms with E-state index in [1.165, 1.54) is 12.8 Å². The van der Waals surface area contributed by atoms with Crippen molar-refractivity contribution in [3.63, 3.8) is 0 Å². The van der Waals surface area contributed by atoms with Gasteiger partial charge in [0, 0.05) is 0 Å². The molecule has 0 aromatic heterocycles. The third-order valence-corrected chi connectivity index (χ3v) is 5.23. The Morgan fingerprint density at radius 2 is 1.64 bits per heavy atom. The Morgan fingerprint density at radius 3 is 2.29 bits per heavy atom. The fraction of sp³-hybridized carbons (Fsp3) is 0.857. The fourth-order valence-corrected chi connectivity index (χ4v) is 4.76. The minimum Gasteiger partial charge on any atom is -0.0848 e.